The van der Waals surface area contributed by atoms with Crippen LogP contribution in [0.4, 0.5) is 5.69 Å². The van der Waals surface area contributed by atoms with Gasteiger partial charge in [-0.25, -0.2) is 0 Å². The lowest BCUT2D eigenvalue weighted by molar-refractivity contribution is -0.384. The number of fused-ring (bicyclic) bond motifs is 1. The Labute approximate surface area is 210 Å². The average molecular weight is 513 g/mol. The van der Waals surface area contributed by atoms with Crippen LogP contribution >= 0.6 is 11.6 Å². The zero-order valence-corrected chi connectivity index (χ0v) is 20.3. The third-order valence-electron chi connectivity index (χ3n) is 7.04. The zero-order valence-electron chi connectivity index (χ0n) is 19.5. The van der Waals surface area contributed by atoms with Gasteiger partial charge in [-0.15, -0.1) is 0 Å². The summed E-state index contributed by atoms with van der Waals surface area (Å²) in [6.45, 7) is 1.69. The number of allylic oxidation sites excluding steroid dienone is 1. The van der Waals surface area contributed by atoms with Crippen molar-refractivity contribution in [3.63, 3.8) is 0 Å². The van der Waals surface area contributed by atoms with E-state index in [0.717, 1.165) is 0 Å². The van der Waals surface area contributed by atoms with Crippen molar-refractivity contribution in [2.75, 3.05) is 14.2 Å². The lowest BCUT2D eigenvalue weighted by Gasteiger charge is -2.41. The Morgan fingerprint density at radius 1 is 1.11 bits per heavy atom. The number of Topliss-reactive ketones (excluding diaryl/α,β-unsaturated/α-hetero) is 2. The number of ketones is 2. The quantitative estimate of drug-likeness (QED) is 0.372. The number of rotatable bonds is 4. The van der Waals surface area contributed by atoms with Gasteiger partial charge in [0, 0.05) is 47.7 Å². The van der Waals surface area contributed by atoms with Gasteiger partial charge in [0.25, 0.3) is 5.69 Å². The number of ether oxygens (including phenoxy) is 3. The SMILES string of the molecule is COc1cc(OC)c2c(c1Cl)O[C@@]1(C(=O)C3=C(C[C@H]1C)NC(=O)C[C@H]3c1cccc([N+](=O)[O-])c1)C2=O. The number of carbonyl (C=O) groups is 3. The second-order valence-electron chi connectivity index (χ2n) is 8.95. The van der Waals surface area contributed by atoms with E-state index in [1.807, 2.05) is 0 Å². The fourth-order valence-electron chi connectivity index (χ4n) is 5.33. The van der Waals surface area contributed by atoms with Gasteiger partial charge in [0.05, 0.1) is 19.1 Å². The van der Waals surface area contributed by atoms with Gasteiger partial charge < -0.3 is 19.5 Å². The number of non-ortho nitro benzene ring substituents is 1. The summed E-state index contributed by atoms with van der Waals surface area (Å²) in [6, 6.07) is 7.24. The smallest absolute Gasteiger partial charge is 0.269 e. The lowest BCUT2D eigenvalue weighted by Crippen LogP contribution is -2.59. The first-order valence-electron chi connectivity index (χ1n) is 11.1. The number of nitro benzene ring substituents is 1. The van der Waals surface area contributed by atoms with Crippen LogP contribution in [0.15, 0.2) is 41.6 Å². The first-order valence-corrected chi connectivity index (χ1v) is 11.5. The van der Waals surface area contributed by atoms with Gasteiger partial charge >= 0.3 is 0 Å². The van der Waals surface area contributed by atoms with Crippen LogP contribution in [0.25, 0.3) is 0 Å². The highest BCUT2D eigenvalue weighted by atomic mass is 35.5. The molecule has 10 nitrogen and oxygen atoms in total. The number of nitro groups is 1. The van der Waals surface area contributed by atoms with E-state index in [2.05, 4.69) is 5.32 Å². The standard InChI is InChI=1S/C25H21ClN2O8/c1-11-7-15-19(14(9-18(29)27-15)12-5-4-6-13(8-12)28(32)33)23(30)25(11)24(31)20-16(34-2)10-17(35-3)21(26)22(20)36-25/h4-6,8,10-11,14H,7,9H2,1-3H3,(H,27,29)/t11-,14+,25+/m1/s1. The van der Waals surface area contributed by atoms with Crippen LogP contribution in [0.3, 0.4) is 0 Å². The Morgan fingerprint density at radius 3 is 2.50 bits per heavy atom. The van der Waals surface area contributed by atoms with E-state index in [4.69, 9.17) is 25.8 Å². The molecule has 1 N–H and O–H groups in total. The Hall–Kier alpha value is -3.92. The van der Waals surface area contributed by atoms with Crippen molar-refractivity contribution in [1.82, 2.24) is 5.32 Å². The van der Waals surface area contributed by atoms with E-state index >= 15 is 0 Å². The molecule has 36 heavy (non-hydrogen) atoms. The summed E-state index contributed by atoms with van der Waals surface area (Å²) in [7, 11) is 2.78. The average Bonchev–Trinajstić information content (AvgIpc) is 3.17. The van der Waals surface area contributed by atoms with Crippen LogP contribution in [0.5, 0.6) is 17.2 Å². The van der Waals surface area contributed by atoms with Crippen molar-refractivity contribution in [2.24, 2.45) is 5.92 Å². The number of halogens is 1. The first kappa shape index (κ1) is 23.8. The summed E-state index contributed by atoms with van der Waals surface area (Å²) in [4.78, 5) is 51.5. The molecule has 2 heterocycles. The summed E-state index contributed by atoms with van der Waals surface area (Å²) in [6.07, 6.45) is 0.0459. The molecule has 1 amide bonds. The molecular formula is C25H21ClN2O8. The summed E-state index contributed by atoms with van der Waals surface area (Å²) >= 11 is 6.47. The molecule has 0 saturated carbocycles. The Balaban J connectivity index is 1.67. The number of nitrogens with zero attached hydrogens (tertiary/aromatic N) is 1. The van der Waals surface area contributed by atoms with E-state index in [0.29, 0.717) is 11.3 Å². The monoisotopic (exact) mass is 512 g/mol. The maximum absolute atomic E-state index is 14.2. The number of hydrogen-bond donors (Lipinski definition) is 1. The van der Waals surface area contributed by atoms with Crippen molar-refractivity contribution < 1.29 is 33.5 Å². The van der Waals surface area contributed by atoms with Crippen molar-refractivity contribution in [2.45, 2.75) is 31.3 Å². The lowest BCUT2D eigenvalue weighted by atomic mass is 9.66. The fraction of sp³-hybridized carbons (Fsp3) is 0.320. The van der Waals surface area contributed by atoms with Crippen LogP contribution in [0.1, 0.15) is 41.6 Å². The van der Waals surface area contributed by atoms with Crippen LogP contribution in [-0.2, 0) is 9.59 Å². The first-order chi connectivity index (χ1) is 17.1. The molecule has 11 heteroatoms. The molecular weight excluding hydrogens is 492 g/mol. The molecule has 1 spiro atoms. The van der Waals surface area contributed by atoms with Gasteiger partial charge in [-0.1, -0.05) is 30.7 Å². The van der Waals surface area contributed by atoms with Crippen molar-refractivity contribution in [3.8, 4) is 17.2 Å². The second-order valence-corrected chi connectivity index (χ2v) is 9.33. The van der Waals surface area contributed by atoms with Crippen LogP contribution in [0, 0.1) is 16.0 Å². The van der Waals surface area contributed by atoms with Gasteiger partial charge in [-0.2, -0.15) is 0 Å². The molecule has 0 unspecified atom stereocenters. The number of methoxy groups -OCH3 is 2. The van der Waals surface area contributed by atoms with E-state index in [-0.39, 0.29) is 57.8 Å². The fourth-order valence-corrected chi connectivity index (χ4v) is 5.59. The molecule has 3 atom stereocenters. The third kappa shape index (κ3) is 3.21. The molecule has 0 fully saturated rings. The predicted molar refractivity (Wildman–Crippen MR) is 127 cm³/mol. The second kappa shape index (κ2) is 8.34. The van der Waals surface area contributed by atoms with Crippen molar-refractivity contribution >= 4 is 34.8 Å². The summed E-state index contributed by atoms with van der Waals surface area (Å²) in [5.41, 5.74) is -1.07. The van der Waals surface area contributed by atoms with Crippen LogP contribution in [0.2, 0.25) is 5.02 Å². The molecule has 186 valence electrons. The molecule has 2 aliphatic heterocycles. The molecule has 0 bridgehead atoms. The minimum absolute atomic E-state index is 0.00568. The van der Waals surface area contributed by atoms with E-state index < -0.39 is 33.9 Å². The highest BCUT2D eigenvalue weighted by molar-refractivity contribution is 6.36. The molecule has 2 aromatic carbocycles. The number of nitrogens with one attached hydrogen (secondary N) is 1. The van der Waals surface area contributed by atoms with Crippen molar-refractivity contribution in [1.29, 1.82) is 0 Å². The Bertz CT molecular complexity index is 1400. The van der Waals surface area contributed by atoms with E-state index in [9.17, 15) is 24.5 Å². The minimum atomic E-state index is -1.94. The minimum Gasteiger partial charge on any atom is -0.496 e. The maximum atomic E-state index is 14.2. The Kier molecular flexibility index (Phi) is 5.51. The van der Waals surface area contributed by atoms with Crippen LogP contribution in [-0.4, -0.2) is 42.2 Å². The molecule has 0 saturated heterocycles. The van der Waals surface area contributed by atoms with Crippen LogP contribution < -0.4 is 19.5 Å². The summed E-state index contributed by atoms with van der Waals surface area (Å²) in [5, 5.41) is 14.1. The van der Waals surface area contributed by atoms with Gasteiger partial charge in [0.2, 0.25) is 23.1 Å². The van der Waals surface area contributed by atoms with Gasteiger partial charge in [0.15, 0.2) is 5.75 Å². The highest BCUT2D eigenvalue weighted by Crippen LogP contribution is 2.55. The van der Waals surface area contributed by atoms with Gasteiger partial charge in [-0.3, -0.25) is 24.5 Å². The molecule has 0 aromatic heterocycles. The summed E-state index contributed by atoms with van der Waals surface area (Å²) < 4.78 is 16.8. The normalized spacial score (nSPS) is 24.7. The zero-order chi connectivity index (χ0) is 25.9. The molecule has 0 radical (unpaired) electrons. The highest BCUT2D eigenvalue weighted by Gasteiger charge is 2.63. The maximum Gasteiger partial charge on any atom is 0.269 e. The van der Waals surface area contributed by atoms with Crippen molar-refractivity contribution in [3.05, 3.63) is 67.9 Å². The number of carbonyl (C=O) groups excluding carboxylic acids is 3. The number of hydrogen-bond acceptors (Lipinski definition) is 8. The number of amides is 1. The molecule has 2 aromatic rings. The number of benzene rings is 2. The van der Waals surface area contributed by atoms with Gasteiger partial charge in [-0.05, 0) is 12.0 Å². The Morgan fingerprint density at radius 2 is 1.83 bits per heavy atom. The van der Waals surface area contributed by atoms with Gasteiger partial charge in [0.1, 0.15) is 22.1 Å². The van der Waals surface area contributed by atoms with E-state index in [1.54, 1.807) is 13.0 Å². The van der Waals surface area contributed by atoms with E-state index in [1.165, 1.54) is 38.5 Å². The largest absolute Gasteiger partial charge is 0.496 e. The predicted octanol–water partition coefficient (Wildman–Crippen LogP) is 3.75. The molecule has 5 rings (SSSR count). The topological polar surface area (TPSA) is 134 Å². The summed E-state index contributed by atoms with van der Waals surface area (Å²) in [5.74, 6) is -2.64. The molecule has 3 aliphatic rings. The third-order valence-corrected chi connectivity index (χ3v) is 7.40. The molecule has 1 aliphatic carbocycles.